The SMILES string of the molecule is CCOP(O)C([OH+]CC)N(c1cccc2c(NC(=O)Nc3ccccc3)cccc12)S(=O)(=O)c1cc(Cl)cc(Cl)c1. The molecule has 0 aliphatic rings. The average molecular weight is 638 g/mol. The van der Waals surface area contributed by atoms with Crippen LogP contribution in [0.15, 0.2) is 89.8 Å². The number of nitrogens with one attached hydrogen (secondary N) is 2. The van der Waals surface area contributed by atoms with E-state index in [2.05, 4.69) is 15.4 Å². The van der Waals surface area contributed by atoms with E-state index in [4.69, 9.17) is 27.7 Å². The van der Waals surface area contributed by atoms with Crippen molar-refractivity contribution in [3.8, 4) is 0 Å². The maximum Gasteiger partial charge on any atom is 0.323 e. The number of para-hydroxylation sites is 1. The molecule has 9 nitrogen and oxygen atoms in total. The third-order valence-electron chi connectivity index (χ3n) is 5.82. The number of nitrogens with zero attached hydrogens (tertiary/aromatic N) is 1. The van der Waals surface area contributed by atoms with Gasteiger partial charge in [0.1, 0.15) is 6.61 Å². The largest absolute Gasteiger partial charge is 0.408 e. The van der Waals surface area contributed by atoms with Crippen LogP contribution in [0, 0.1) is 0 Å². The third-order valence-corrected chi connectivity index (χ3v) is 9.47. The first kappa shape index (κ1) is 31.0. The van der Waals surface area contributed by atoms with Crippen LogP contribution >= 0.6 is 31.6 Å². The number of carbonyl (C=O) groups is 1. The molecule has 2 unspecified atom stereocenters. The Labute approximate surface area is 249 Å². The number of anilines is 3. The number of aliphatic hydroxyl groups is 2. The highest BCUT2D eigenvalue weighted by Crippen LogP contribution is 2.46. The molecule has 0 spiro atoms. The Balaban J connectivity index is 1.86. The van der Waals surface area contributed by atoms with Crippen molar-refractivity contribution in [3.63, 3.8) is 0 Å². The van der Waals surface area contributed by atoms with E-state index in [0.717, 1.165) is 4.31 Å². The van der Waals surface area contributed by atoms with Crippen LogP contribution in [0.1, 0.15) is 13.8 Å². The standard InChI is InChI=1S/C28H28Cl2N3O6PS/c1-3-38-28(40(35)39-4-2)33(41(36,37)22-17-19(29)16-20(30)18-22)26-15-9-12-23-24(26)13-8-14-25(23)32-27(34)31-21-10-6-5-7-11-21/h5-18,28,35H,3-4H2,1-2H3,(H2,31,32,34)/p+1. The van der Waals surface area contributed by atoms with Crippen LogP contribution in [0.3, 0.4) is 0 Å². The van der Waals surface area contributed by atoms with E-state index in [9.17, 15) is 18.1 Å². The second-order valence-corrected chi connectivity index (χ2v) is 12.6. The number of carbonyl (C=O) groups excluding carboxylic acids is 1. The molecule has 216 valence electrons. The summed E-state index contributed by atoms with van der Waals surface area (Å²) in [5.74, 6) is -1.29. The summed E-state index contributed by atoms with van der Waals surface area (Å²) in [5, 5.41) is 6.91. The topological polar surface area (TPSA) is 121 Å². The predicted octanol–water partition coefficient (Wildman–Crippen LogP) is 7.16. The highest BCUT2D eigenvalue weighted by atomic mass is 35.5. The van der Waals surface area contributed by atoms with E-state index in [0.29, 0.717) is 22.1 Å². The van der Waals surface area contributed by atoms with E-state index in [1.165, 1.54) is 18.2 Å². The Morgan fingerprint density at radius 1 is 0.951 bits per heavy atom. The minimum atomic E-state index is -4.40. The number of sulfonamides is 1. The Morgan fingerprint density at radius 3 is 2.27 bits per heavy atom. The van der Waals surface area contributed by atoms with E-state index >= 15 is 0 Å². The predicted molar refractivity (Wildman–Crippen MR) is 166 cm³/mol. The molecule has 0 radical (unpaired) electrons. The zero-order chi connectivity index (χ0) is 29.6. The minimum Gasteiger partial charge on any atom is -0.408 e. The number of hydrogen-bond donors (Lipinski definition) is 3. The summed E-state index contributed by atoms with van der Waals surface area (Å²) in [6, 6.07) is 22.6. The van der Waals surface area contributed by atoms with Gasteiger partial charge in [0.25, 0.3) is 18.4 Å². The molecule has 0 aliphatic carbocycles. The van der Waals surface area contributed by atoms with Crippen LogP contribution in [0.4, 0.5) is 21.9 Å². The first-order valence-corrected chi connectivity index (χ1v) is 16.1. The molecular weight excluding hydrogens is 608 g/mol. The molecule has 4 N–H and O–H groups in total. The number of fused-ring (bicyclic) bond motifs is 1. The fraction of sp³-hybridized carbons (Fsp3) is 0.179. The van der Waals surface area contributed by atoms with Gasteiger partial charge in [0, 0.05) is 33.4 Å². The Hall–Kier alpha value is -2.95. The molecular formula is C28H29Cl2N3O6PS+. The minimum absolute atomic E-state index is 0.130. The summed E-state index contributed by atoms with van der Waals surface area (Å²) in [5.41, 5.74) is 1.27. The molecule has 13 heteroatoms. The van der Waals surface area contributed by atoms with Crippen molar-refractivity contribution in [2.45, 2.75) is 24.7 Å². The summed E-state index contributed by atoms with van der Waals surface area (Å²) in [4.78, 5) is 23.6. The van der Waals surface area contributed by atoms with Gasteiger partial charge in [0.05, 0.1) is 22.9 Å². The van der Waals surface area contributed by atoms with Gasteiger partial charge in [-0.05, 0) is 49.4 Å². The summed E-state index contributed by atoms with van der Waals surface area (Å²) in [6.07, 6.45) is 0. The molecule has 4 aromatic rings. The zero-order valence-electron chi connectivity index (χ0n) is 22.2. The Morgan fingerprint density at radius 2 is 1.61 bits per heavy atom. The fourth-order valence-electron chi connectivity index (χ4n) is 4.17. The molecule has 0 heterocycles. The highest BCUT2D eigenvalue weighted by molar-refractivity contribution is 7.93. The van der Waals surface area contributed by atoms with Crippen LogP contribution in [-0.4, -0.2) is 43.3 Å². The van der Waals surface area contributed by atoms with Crippen molar-refractivity contribution in [3.05, 3.63) is 95.0 Å². The van der Waals surface area contributed by atoms with Crippen LogP contribution in [0.25, 0.3) is 10.8 Å². The van der Waals surface area contributed by atoms with Gasteiger partial charge in [0.15, 0.2) is 0 Å². The number of urea groups is 1. The van der Waals surface area contributed by atoms with Crippen LogP contribution in [0.5, 0.6) is 0 Å². The molecule has 0 bridgehead atoms. The molecule has 0 aromatic heterocycles. The van der Waals surface area contributed by atoms with Crippen LogP contribution < -0.4 is 14.9 Å². The molecule has 0 saturated carbocycles. The van der Waals surface area contributed by atoms with Gasteiger partial charge in [-0.3, -0.25) is 0 Å². The molecule has 2 amide bonds. The first-order chi connectivity index (χ1) is 19.6. The maximum absolute atomic E-state index is 14.3. The Bertz CT molecular complexity index is 1610. The van der Waals surface area contributed by atoms with Crippen molar-refractivity contribution >= 4 is 75.5 Å². The quantitative estimate of drug-likeness (QED) is 0.0916. The van der Waals surface area contributed by atoms with E-state index in [1.54, 1.807) is 74.5 Å². The van der Waals surface area contributed by atoms with Gasteiger partial charge in [0.2, 0.25) is 0 Å². The molecule has 0 aliphatic heterocycles. The molecule has 0 fully saturated rings. The molecule has 2 atom stereocenters. The number of rotatable bonds is 11. The van der Waals surface area contributed by atoms with E-state index in [-0.39, 0.29) is 33.8 Å². The monoisotopic (exact) mass is 636 g/mol. The molecule has 4 aromatic carbocycles. The smallest absolute Gasteiger partial charge is 0.323 e. The number of hydrogen-bond acceptors (Lipinski definition) is 5. The van der Waals surface area contributed by atoms with Gasteiger partial charge < -0.3 is 24.8 Å². The van der Waals surface area contributed by atoms with Crippen molar-refractivity contribution in [2.24, 2.45) is 0 Å². The van der Waals surface area contributed by atoms with Crippen molar-refractivity contribution in [2.75, 3.05) is 28.2 Å². The summed E-state index contributed by atoms with van der Waals surface area (Å²) < 4.78 is 39.5. The lowest BCUT2D eigenvalue weighted by Crippen LogP contribution is -2.43. The van der Waals surface area contributed by atoms with Crippen LogP contribution in [-0.2, 0) is 14.5 Å². The Kier molecular flexibility index (Phi) is 10.4. The zero-order valence-corrected chi connectivity index (χ0v) is 25.4. The number of benzene rings is 4. The fourth-order valence-corrected chi connectivity index (χ4v) is 7.95. The highest BCUT2D eigenvalue weighted by Gasteiger charge is 2.43. The second kappa shape index (κ2) is 13.8. The summed E-state index contributed by atoms with van der Waals surface area (Å²) in [7, 11) is -6.76. The lowest BCUT2D eigenvalue weighted by Gasteiger charge is -2.31. The number of ether oxygens (including phenoxy) is 1. The van der Waals surface area contributed by atoms with Crippen molar-refractivity contribution in [1.29, 1.82) is 0 Å². The van der Waals surface area contributed by atoms with E-state index in [1.807, 2.05) is 6.07 Å². The second-order valence-electron chi connectivity index (χ2n) is 8.59. The molecule has 4 rings (SSSR count). The van der Waals surface area contributed by atoms with Crippen molar-refractivity contribution < 1.29 is 27.4 Å². The summed E-state index contributed by atoms with van der Waals surface area (Å²) in [6.45, 7) is 3.78. The van der Waals surface area contributed by atoms with Crippen molar-refractivity contribution in [1.82, 2.24) is 0 Å². The number of amides is 2. The third kappa shape index (κ3) is 7.28. The average Bonchev–Trinajstić information content (AvgIpc) is 2.93. The number of halogens is 2. The lowest BCUT2D eigenvalue weighted by atomic mass is 10.1. The van der Waals surface area contributed by atoms with Gasteiger partial charge in [-0.1, -0.05) is 65.7 Å². The lowest BCUT2D eigenvalue weighted by molar-refractivity contribution is -0.0543. The van der Waals surface area contributed by atoms with E-state index < -0.39 is 30.4 Å². The molecule has 0 saturated heterocycles. The van der Waals surface area contributed by atoms with Gasteiger partial charge >= 0.3 is 12.0 Å². The van der Waals surface area contributed by atoms with Crippen LogP contribution in [0.2, 0.25) is 10.0 Å². The first-order valence-electron chi connectivity index (χ1n) is 12.6. The van der Waals surface area contributed by atoms with Gasteiger partial charge in [-0.15, -0.1) is 0 Å². The molecule has 41 heavy (non-hydrogen) atoms. The van der Waals surface area contributed by atoms with Gasteiger partial charge in [-0.25, -0.2) is 13.2 Å². The summed E-state index contributed by atoms with van der Waals surface area (Å²) >= 11 is 12.4. The normalized spacial score (nSPS) is 13.0. The maximum atomic E-state index is 14.3. The van der Waals surface area contributed by atoms with Gasteiger partial charge in [-0.2, -0.15) is 4.31 Å².